The second-order valence-corrected chi connectivity index (χ2v) is 9.85. The van der Waals surface area contributed by atoms with Gasteiger partial charge in [-0.25, -0.2) is 4.98 Å². The van der Waals surface area contributed by atoms with Crippen molar-refractivity contribution in [2.24, 2.45) is 0 Å². The lowest BCUT2D eigenvalue weighted by Crippen LogP contribution is -2.50. The first-order chi connectivity index (χ1) is 16.1. The van der Waals surface area contributed by atoms with Crippen LogP contribution in [-0.2, 0) is 4.79 Å². The third-order valence-electron chi connectivity index (χ3n) is 6.53. The second kappa shape index (κ2) is 8.04. The zero-order valence-corrected chi connectivity index (χ0v) is 19.7. The molecule has 0 spiro atoms. The summed E-state index contributed by atoms with van der Waals surface area (Å²) in [6.07, 6.45) is 0. The number of anilines is 1. The van der Waals surface area contributed by atoms with Crippen molar-refractivity contribution < 1.29 is 9.53 Å². The molecule has 1 saturated heterocycles. The number of thiazole rings is 1. The van der Waals surface area contributed by atoms with E-state index in [0.29, 0.717) is 13.1 Å². The standard InChI is InChI=1S/C26H22ClN3O2S/c1-16-19(27)10-11-22-24(16)28-26(33-22)30-14-12-29(13-15-30)25(31)23-17-6-2-4-8-20(17)32-21-9-5-3-7-18(21)23/h2-11,23H,12-15H2,1H3. The number of halogens is 1. The number of hydrogen-bond acceptors (Lipinski definition) is 5. The first-order valence-corrected chi connectivity index (χ1v) is 12.2. The van der Waals surface area contributed by atoms with E-state index in [1.54, 1.807) is 11.3 Å². The van der Waals surface area contributed by atoms with Gasteiger partial charge in [0.05, 0.1) is 16.1 Å². The molecule has 33 heavy (non-hydrogen) atoms. The molecule has 4 aromatic rings. The van der Waals surface area contributed by atoms with Crippen LogP contribution in [0.15, 0.2) is 60.7 Å². The molecule has 3 heterocycles. The number of carbonyl (C=O) groups excluding carboxylic acids is 1. The van der Waals surface area contributed by atoms with Gasteiger partial charge in [0.25, 0.3) is 0 Å². The number of benzene rings is 3. The minimum atomic E-state index is -0.343. The number of carbonyl (C=O) groups is 1. The van der Waals surface area contributed by atoms with Crippen molar-refractivity contribution in [1.82, 2.24) is 9.88 Å². The van der Waals surface area contributed by atoms with Crippen LogP contribution in [0.25, 0.3) is 10.2 Å². The van der Waals surface area contributed by atoms with Crippen LogP contribution in [0.1, 0.15) is 22.6 Å². The normalized spacial score (nSPS) is 15.8. The molecular formula is C26H22ClN3O2S. The van der Waals surface area contributed by atoms with Crippen LogP contribution < -0.4 is 9.64 Å². The SMILES string of the molecule is Cc1c(Cl)ccc2sc(N3CCN(C(=O)C4c5ccccc5Oc5ccccc54)CC3)nc12. The van der Waals surface area contributed by atoms with Crippen molar-refractivity contribution >= 4 is 44.2 Å². The first-order valence-electron chi connectivity index (χ1n) is 11.1. The van der Waals surface area contributed by atoms with Crippen LogP contribution in [0.3, 0.4) is 0 Å². The molecule has 0 unspecified atom stereocenters. The Morgan fingerprint density at radius 3 is 2.27 bits per heavy atom. The molecule has 1 fully saturated rings. The van der Waals surface area contributed by atoms with E-state index in [0.717, 1.165) is 61.6 Å². The predicted molar refractivity (Wildman–Crippen MR) is 133 cm³/mol. The maximum absolute atomic E-state index is 13.8. The zero-order chi connectivity index (χ0) is 22.5. The smallest absolute Gasteiger partial charge is 0.234 e. The van der Waals surface area contributed by atoms with Crippen molar-refractivity contribution in [3.05, 3.63) is 82.4 Å². The van der Waals surface area contributed by atoms with Gasteiger partial charge in [-0.15, -0.1) is 0 Å². The maximum Gasteiger partial charge on any atom is 0.234 e. The molecule has 166 valence electrons. The molecule has 0 saturated carbocycles. The first kappa shape index (κ1) is 20.5. The molecule has 3 aromatic carbocycles. The number of amides is 1. The van der Waals surface area contributed by atoms with Crippen LogP contribution in [0, 0.1) is 6.92 Å². The number of rotatable bonds is 2. The van der Waals surface area contributed by atoms with Crippen molar-refractivity contribution in [2.45, 2.75) is 12.8 Å². The Morgan fingerprint density at radius 1 is 0.970 bits per heavy atom. The Morgan fingerprint density at radius 2 is 1.61 bits per heavy atom. The number of ether oxygens (including phenoxy) is 1. The topological polar surface area (TPSA) is 45.7 Å². The summed E-state index contributed by atoms with van der Waals surface area (Å²) in [4.78, 5) is 22.9. The van der Waals surface area contributed by atoms with Gasteiger partial charge in [-0.1, -0.05) is 59.3 Å². The monoisotopic (exact) mass is 475 g/mol. The number of fused-ring (bicyclic) bond motifs is 3. The molecule has 2 aliphatic rings. The molecule has 7 heteroatoms. The Balaban J connectivity index is 1.24. The summed E-state index contributed by atoms with van der Waals surface area (Å²) in [6, 6.07) is 19.7. The van der Waals surface area contributed by atoms with Gasteiger partial charge in [0, 0.05) is 42.3 Å². The summed E-state index contributed by atoms with van der Waals surface area (Å²) in [7, 11) is 0. The molecule has 1 amide bonds. The largest absolute Gasteiger partial charge is 0.457 e. The predicted octanol–water partition coefficient (Wildman–Crippen LogP) is 5.84. The third-order valence-corrected chi connectivity index (χ3v) is 8.02. The molecule has 2 aliphatic heterocycles. The number of aromatic nitrogens is 1. The minimum Gasteiger partial charge on any atom is -0.457 e. The van der Waals surface area contributed by atoms with Crippen molar-refractivity contribution in [3.63, 3.8) is 0 Å². The zero-order valence-electron chi connectivity index (χ0n) is 18.1. The van der Waals surface area contributed by atoms with Gasteiger partial charge in [-0.2, -0.15) is 0 Å². The highest BCUT2D eigenvalue weighted by atomic mass is 35.5. The van der Waals surface area contributed by atoms with Gasteiger partial charge in [0.15, 0.2) is 5.13 Å². The summed E-state index contributed by atoms with van der Waals surface area (Å²) in [5.74, 6) is 1.31. The van der Waals surface area contributed by atoms with Crippen LogP contribution >= 0.6 is 22.9 Å². The van der Waals surface area contributed by atoms with Crippen LogP contribution in [0.4, 0.5) is 5.13 Å². The van der Waals surface area contributed by atoms with Gasteiger partial charge in [0.2, 0.25) is 5.91 Å². The molecule has 5 nitrogen and oxygen atoms in total. The molecule has 0 N–H and O–H groups in total. The van der Waals surface area contributed by atoms with Crippen molar-refractivity contribution in [1.29, 1.82) is 0 Å². The fourth-order valence-corrected chi connectivity index (χ4v) is 5.93. The van der Waals surface area contributed by atoms with E-state index in [-0.39, 0.29) is 11.8 Å². The van der Waals surface area contributed by atoms with Crippen molar-refractivity contribution in [3.8, 4) is 11.5 Å². The molecule has 0 radical (unpaired) electrons. The summed E-state index contributed by atoms with van der Waals surface area (Å²) in [5.41, 5.74) is 3.85. The number of piperazine rings is 1. The van der Waals surface area contributed by atoms with E-state index in [2.05, 4.69) is 4.90 Å². The van der Waals surface area contributed by atoms with E-state index in [4.69, 9.17) is 21.3 Å². The highest BCUT2D eigenvalue weighted by molar-refractivity contribution is 7.22. The lowest BCUT2D eigenvalue weighted by Gasteiger charge is -2.37. The minimum absolute atomic E-state index is 0.129. The average molecular weight is 476 g/mol. The van der Waals surface area contributed by atoms with Crippen LogP contribution in [0.5, 0.6) is 11.5 Å². The fourth-order valence-electron chi connectivity index (χ4n) is 4.70. The van der Waals surface area contributed by atoms with Crippen LogP contribution in [-0.4, -0.2) is 42.0 Å². The Labute approximate surface area is 201 Å². The number of nitrogens with zero attached hydrogens (tertiary/aromatic N) is 3. The summed E-state index contributed by atoms with van der Waals surface area (Å²) < 4.78 is 7.21. The van der Waals surface area contributed by atoms with E-state index in [9.17, 15) is 4.79 Å². The molecular weight excluding hydrogens is 454 g/mol. The lowest BCUT2D eigenvalue weighted by atomic mass is 9.86. The summed E-state index contributed by atoms with van der Waals surface area (Å²) in [5, 5.41) is 1.73. The highest BCUT2D eigenvalue weighted by Crippen LogP contribution is 2.44. The van der Waals surface area contributed by atoms with Crippen molar-refractivity contribution in [2.75, 3.05) is 31.1 Å². The molecule has 1 aromatic heterocycles. The van der Waals surface area contributed by atoms with Gasteiger partial charge in [-0.05, 0) is 36.8 Å². The summed E-state index contributed by atoms with van der Waals surface area (Å²) >= 11 is 7.96. The van der Waals surface area contributed by atoms with Gasteiger partial charge >= 0.3 is 0 Å². The fraction of sp³-hybridized carbons (Fsp3) is 0.231. The second-order valence-electron chi connectivity index (χ2n) is 8.44. The maximum atomic E-state index is 13.8. The Bertz CT molecular complexity index is 1330. The van der Waals surface area contributed by atoms with Crippen LogP contribution in [0.2, 0.25) is 5.02 Å². The van der Waals surface area contributed by atoms with E-state index < -0.39 is 0 Å². The van der Waals surface area contributed by atoms with Gasteiger partial charge in [-0.3, -0.25) is 4.79 Å². The Kier molecular flexibility index (Phi) is 5.00. The van der Waals surface area contributed by atoms with E-state index in [1.165, 1.54) is 0 Å². The number of aryl methyl sites for hydroxylation is 1. The highest BCUT2D eigenvalue weighted by Gasteiger charge is 2.36. The summed E-state index contributed by atoms with van der Waals surface area (Å²) in [6.45, 7) is 4.84. The lowest BCUT2D eigenvalue weighted by molar-refractivity contribution is -0.132. The molecule has 0 aliphatic carbocycles. The quantitative estimate of drug-likeness (QED) is 0.365. The molecule has 6 rings (SSSR count). The average Bonchev–Trinajstić information content (AvgIpc) is 3.30. The number of para-hydroxylation sites is 2. The molecule has 0 atom stereocenters. The van der Waals surface area contributed by atoms with E-state index in [1.807, 2.05) is 72.5 Å². The van der Waals surface area contributed by atoms with E-state index >= 15 is 0 Å². The number of hydrogen-bond donors (Lipinski definition) is 0. The Hall–Kier alpha value is -3.09. The van der Waals surface area contributed by atoms with Gasteiger partial charge < -0.3 is 14.5 Å². The third kappa shape index (κ3) is 3.45. The molecule has 0 bridgehead atoms. The van der Waals surface area contributed by atoms with Gasteiger partial charge in [0.1, 0.15) is 11.5 Å².